The Morgan fingerprint density at radius 3 is 2.19 bits per heavy atom. The zero-order valence-corrected chi connectivity index (χ0v) is 12.5. The SMILES string of the molecule is CC(=O)[C@@H]1C(=O)C[C@](C)(O)[C@H](C(C)=O)[C@H]1c1ccccc1. The first-order chi connectivity index (χ1) is 9.75. The van der Waals surface area contributed by atoms with E-state index in [1.54, 1.807) is 24.3 Å². The second-order valence-electron chi connectivity index (χ2n) is 6.11. The van der Waals surface area contributed by atoms with Gasteiger partial charge in [-0.25, -0.2) is 0 Å². The fourth-order valence-corrected chi connectivity index (χ4v) is 3.58. The van der Waals surface area contributed by atoms with Crippen LogP contribution in [0.15, 0.2) is 30.3 Å². The number of Topliss-reactive ketones (excluding diaryl/α,β-unsaturated/α-hetero) is 3. The summed E-state index contributed by atoms with van der Waals surface area (Å²) in [5, 5.41) is 10.6. The number of hydrogen-bond donors (Lipinski definition) is 1. The molecule has 1 aliphatic rings. The number of rotatable bonds is 3. The smallest absolute Gasteiger partial charge is 0.146 e. The third-order valence-electron chi connectivity index (χ3n) is 4.33. The summed E-state index contributed by atoms with van der Waals surface area (Å²) in [6.07, 6.45) is -0.162. The van der Waals surface area contributed by atoms with E-state index in [1.807, 2.05) is 6.07 Å². The molecule has 0 bridgehead atoms. The first-order valence-electron chi connectivity index (χ1n) is 7.06. The third kappa shape index (κ3) is 2.81. The van der Waals surface area contributed by atoms with Crippen LogP contribution in [-0.4, -0.2) is 28.1 Å². The number of carbonyl (C=O) groups excluding carboxylic acids is 3. The highest BCUT2D eigenvalue weighted by Gasteiger charge is 2.53. The van der Waals surface area contributed by atoms with E-state index in [4.69, 9.17) is 0 Å². The van der Waals surface area contributed by atoms with Gasteiger partial charge >= 0.3 is 0 Å². The number of carbonyl (C=O) groups is 3. The molecule has 1 aromatic rings. The summed E-state index contributed by atoms with van der Waals surface area (Å²) in [5.41, 5.74) is -0.679. The highest BCUT2D eigenvalue weighted by atomic mass is 16.3. The summed E-state index contributed by atoms with van der Waals surface area (Å²) >= 11 is 0. The van der Waals surface area contributed by atoms with Crippen molar-refractivity contribution in [3.05, 3.63) is 35.9 Å². The van der Waals surface area contributed by atoms with Crippen molar-refractivity contribution in [2.45, 2.75) is 38.7 Å². The Morgan fingerprint density at radius 1 is 1.14 bits per heavy atom. The van der Waals surface area contributed by atoms with Crippen LogP contribution in [-0.2, 0) is 14.4 Å². The van der Waals surface area contributed by atoms with Gasteiger partial charge in [-0.1, -0.05) is 30.3 Å². The lowest BCUT2D eigenvalue weighted by Gasteiger charge is -2.44. The average molecular weight is 288 g/mol. The molecule has 112 valence electrons. The Hall–Kier alpha value is -1.81. The lowest BCUT2D eigenvalue weighted by molar-refractivity contribution is -0.151. The van der Waals surface area contributed by atoms with Gasteiger partial charge in [0.1, 0.15) is 17.3 Å². The van der Waals surface area contributed by atoms with Crippen LogP contribution in [0, 0.1) is 11.8 Å². The Kier molecular flexibility index (Phi) is 4.10. The van der Waals surface area contributed by atoms with Crippen molar-refractivity contribution >= 4 is 17.3 Å². The molecule has 2 rings (SSSR count). The lowest BCUT2D eigenvalue weighted by atomic mass is 9.60. The maximum absolute atomic E-state index is 12.3. The van der Waals surface area contributed by atoms with E-state index < -0.39 is 23.4 Å². The van der Waals surface area contributed by atoms with E-state index in [2.05, 4.69) is 0 Å². The number of hydrogen-bond acceptors (Lipinski definition) is 4. The largest absolute Gasteiger partial charge is 0.389 e. The minimum atomic E-state index is -1.42. The first kappa shape index (κ1) is 15.6. The lowest BCUT2D eigenvalue weighted by Crippen LogP contribution is -2.53. The summed E-state index contributed by atoms with van der Waals surface area (Å²) < 4.78 is 0. The molecule has 0 amide bonds. The third-order valence-corrected chi connectivity index (χ3v) is 4.33. The summed E-state index contributed by atoms with van der Waals surface area (Å²) in [4.78, 5) is 36.4. The molecule has 21 heavy (non-hydrogen) atoms. The molecular weight excluding hydrogens is 268 g/mol. The molecule has 1 fully saturated rings. The van der Waals surface area contributed by atoms with E-state index in [0.717, 1.165) is 5.56 Å². The molecule has 0 saturated heterocycles. The van der Waals surface area contributed by atoms with Crippen molar-refractivity contribution in [1.29, 1.82) is 0 Å². The summed E-state index contributed by atoms with van der Waals surface area (Å²) in [7, 11) is 0. The van der Waals surface area contributed by atoms with Crippen molar-refractivity contribution in [2.24, 2.45) is 11.8 Å². The molecule has 0 aromatic heterocycles. The molecular formula is C17H20O4. The molecule has 4 heteroatoms. The molecule has 1 aliphatic carbocycles. The molecule has 0 heterocycles. The highest BCUT2D eigenvalue weighted by Crippen LogP contribution is 2.46. The van der Waals surface area contributed by atoms with Gasteiger partial charge in [0.2, 0.25) is 0 Å². The van der Waals surface area contributed by atoms with Gasteiger partial charge in [-0.3, -0.25) is 14.4 Å². The van der Waals surface area contributed by atoms with Gasteiger partial charge in [0.15, 0.2) is 0 Å². The molecule has 1 N–H and O–H groups in total. The summed E-state index contributed by atoms with van der Waals surface area (Å²) in [6, 6.07) is 9.03. The molecule has 1 saturated carbocycles. The predicted octanol–water partition coefficient (Wildman–Crippen LogP) is 1.90. The Labute approximate surface area is 124 Å². The fraction of sp³-hybridized carbons (Fsp3) is 0.471. The molecule has 4 nitrogen and oxygen atoms in total. The molecule has 4 atom stereocenters. The van der Waals surface area contributed by atoms with Crippen LogP contribution in [0.5, 0.6) is 0 Å². The molecule has 0 radical (unpaired) electrons. The second-order valence-corrected chi connectivity index (χ2v) is 6.11. The van der Waals surface area contributed by atoms with Gasteiger partial charge in [0, 0.05) is 12.3 Å². The van der Waals surface area contributed by atoms with E-state index in [-0.39, 0.29) is 23.8 Å². The van der Waals surface area contributed by atoms with Crippen LogP contribution in [0.4, 0.5) is 0 Å². The Balaban J connectivity index is 2.61. The van der Waals surface area contributed by atoms with Crippen LogP contribution in [0.2, 0.25) is 0 Å². The number of ketones is 3. The zero-order valence-electron chi connectivity index (χ0n) is 12.5. The fourth-order valence-electron chi connectivity index (χ4n) is 3.58. The van der Waals surface area contributed by atoms with E-state index in [0.29, 0.717) is 0 Å². The minimum Gasteiger partial charge on any atom is -0.389 e. The Bertz CT molecular complexity index is 574. The average Bonchev–Trinajstić information content (AvgIpc) is 2.36. The first-order valence-corrected chi connectivity index (χ1v) is 7.06. The van der Waals surface area contributed by atoms with Crippen molar-refractivity contribution < 1.29 is 19.5 Å². The number of aliphatic hydroxyl groups is 1. The monoisotopic (exact) mass is 288 g/mol. The quantitative estimate of drug-likeness (QED) is 0.862. The Morgan fingerprint density at radius 2 is 1.71 bits per heavy atom. The van der Waals surface area contributed by atoms with E-state index >= 15 is 0 Å². The van der Waals surface area contributed by atoms with Crippen LogP contribution >= 0.6 is 0 Å². The maximum Gasteiger partial charge on any atom is 0.146 e. The number of benzene rings is 1. The van der Waals surface area contributed by atoms with Gasteiger partial charge < -0.3 is 5.11 Å². The van der Waals surface area contributed by atoms with Gasteiger partial charge in [-0.15, -0.1) is 0 Å². The second kappa shape index (κ2) is 5.53. The minimum absolute atomic E-state index is 0.162. The van der Waals surface area contributed by atoms with Crippen molar-refractivity contribution in [2.75, 3.05) is 0 Å². The molecule has 0 spiro atoms. The molecule has 1 aromatic carbocycles. The summed E-state index contributed by atoms with van der Waals surface area (Å²) in [5.74, 6) is -2.97. The van der Waals surface area contributed by atoms with Crippen molar-refractivity contribution in [1.82, 2.24) is 0 Å². The van der Waals surface area contributed by atoms with Crippen LogP contribution in [0.25, 0.3) is 0 Å². The molecule has 0 aliphatic heterocycles. The standard InChI is InChI=1S/C17H20O4/c1-10(18)14-13(20)9-17(3,21)16(11(2)19)15(14)12-7-5-4-6-8-12/h4-8,14-16,21H,9H2,1-3H3/t14-,15+,16-,17+/m1/s1. The predicted molar refractivity (Wildman–Crippen MR) is 77.8 cm³/mol. The van der Waals surface area contributed by atoms with E-state index in [1.165, 1.54) is 20.8 Å². The summed E-state index contributed by atoms with van der Waals surface area (Å²) in [6.45, 7) is 4.28. The highest BCUT2D eigenvalue weighted by molar-refractivity contribution is 6.05. The van der Waals surface area contributed by atoms with Gasteiger partial charge in [0.05, 0.1) is 17.4 Å². The van der Waals surface area contributed by atoms with E-state index in [9.17, 15) is 19.5 Å². The van der Waals surface area contributed by atoms with Crippen molar-refractivity contribution in [3.63, 3.8) is 0 Å². The van der Waals surface area contributed by atoms with Crippen LogP contribution < -0.4 is 0 Å². The van der Waals surface area contributed by atoms with Crippen LogP contribution in [0.3, 0.4) is 0 Å². The van der Waals surface area contributed by atoms with Crippen molar-refractivity contribution in [3.8, 4) is 0 Å². The topological polar surface area (TPSA) is 71.4 Å². The van der Waals surface area contributed by atoms with Gasteiger partial charge in [0.25, 0.3) is 0 Å². The maximum atomic E-state index is 12.3. The normalized spacial score (nSPS) is 32.8. The molecule has 0 unspecified atom stereocenters. The van der Waals surface area contributed by atoms with Gasteiger partial charge in [-0.05, 0) is 26.3 Å². The van der Waals surface area contributed by atoms with Gasteiger partial charge in [-0.2, -0.15) is 0 Å². The van der Waals surface area contributed by atoms with Crippen LogP contribution in [0.1, 0.15) is 38.7 Å². The zero-order chi connectivity index (χ0) is 15.8.